The lowest BCUT2D eigenvalue weighted by Gasteiger charge is -2.25. The SMILES string of the molecule is Cc1ccc(C)c(C(=O)NC2(C(=O)O)CCCC2)c1. The number of benzene rings is 1. The number of carbonyl (C=O) groups is 2. The Labute approximate surface area is 112 Å². The van der Waals surface area contributed by atoms with Crippen LogP contribution >= 0.6 is 0 Å². The summed E-state index contributed by atoms with van der Waals surface area (Å²) < 4.78 is 0. The summed E-state index contributed by atoms with van der Waals surface area (Å²) in [4.78, 5) is 23.7. The number of carbonyl (C=O) groups excluding carboxylic acids is 1. The van der Waals surface area contributed by atoms with Gasteiger partial charge in [0.05, 0.1) is 0 Å². The summed E-state index contributed by atoms with van der Waals surface area (Å²) in [6.07, 6.45) is 2.72. The van der Waals surface area contributed by atoms with Crippen LogP contribution in [0.25, 0.3) is 0 Å². The first-order valence-electron chi connectivity index (χ1n) is 6.58. The van der Waals surface area contributed by atoms with Crippen LogP contribution in [0.1, 0.15) is 47.2 Å². The second kappa shape index (κ2) is 5.03. The van der Waals surface area contributed by atoms with Crippen LogP contribution in [0.3, 0.4) is 0 Å². The summed E-state index contributed by atoms with van der Waals surface area (Å²) in [5.74, 6) is -1.21. The third-order valence-corrected chi connectivity index (χ3v) is 3.86. The summed E-state index contributed by atoms with van der Waals surface area (Å²) in [6.45, 7) is 3.77. The molecular formula is C15H19NO3. The molecule has 0 aliphatic heterocycles. The van der Waals surface area contributed by atoms with Crippen molar-refractivity contribution in [2.24, 2.45) is 0 Å². The third kappa shape index (κ3) is 2.62. The molecule has 0 unspecified atom stereocenters. The Kier molecular flexibility index (Phi) is 3.60. The molecule has 1 fully saturated rings. The summed E-state index contributed by atoms with van der Waals surface area (Å²) in [6, 6.07) is 5.62. The minimum Gasteiger partial charge on any atom is -0.480 e. The van der Waals surface area contributed by atoms with E-state index in [0.717, 1.165) is 24.0 Å². The van der Waals surface area contributed by atoms with Gasteiger partial charge in [0, 0.05) is 5.56 Å². The van der Waals surface area contributed by atoms with Gasteiger partial charge in [0.25, 0.3) is 5.91 Å². The second-order valence-corrected chi connectivity index (χ2v) is 5.37. The van der Waals surface area contributed by atoms with Gasteiger partial charge >= 0.3 is 5.97 Å². The molecule has 1 aromatic rings. The zero-order valence-electron chi connectivity index (χ0n) is 11.3. The van der Waals surface area contributed by atoms with Crippen molar-refractivity contribution >= 4 is 11.9 Å². The normalized spacial score (nSPS) is 17.2. The molecule has 0 radical (unpaired) electrons. The van der Waals surface area contributed by atoms with Gasteiger partial charge in [-0.25, -0.2) is 4.79 Å². The van der Waals surface area contributed by atoms with Crippen molar-refractivity contribution in [2.45, 2.75) is 45.1 Å². The minimum absolute atomic E-state index is 0.287. The first kappa shape index (κ1) is 13.6. The Hall–Kier alpha value is -1.84. The van der Waals surface area contributed by atoms with Gasteiger partial charge in [-0.05, 0) is 38.3 Å². The van der Waals surface area contributed by atoms with E-state index in [4.69, 9.17) is 0 Å². The van der Waals surface area contributed by atoms with E-state index in [9.17, 15) is 14.7 Å². The van der Waals surface area contributed by atoms with Crippen LogP contribution in [0, 0.1) is 13.8 Å². The Balaban J connectivity index is 2.25. The van der Waals surface area contributed by atoms with E-state index in [0.29, 0.717) is 18.4 Å². The molecule has 1 aliphatic rings. The molecule has 2 N–H and O–H groups in total. The molecule has 1 aliphatic carbocycles. The van der Waals surface area contributed by atoms with Crippen molar-refractivity contribution in [3.05, 3.63) is 34.9 Å². The van der Waals surface area contributed by atoms with Crippen LogP contribution in [0.2, 0.25) is 0 Å². The smallest absolute Gasteiger partial charge is 0.329 e. The highest BCUT2D eigenvalue weighted by atomic mass is 16.4. The van der Waals surface area contributed by atoms with E-state index < -0.39 is 11.5 Å². The lowest BCUT2D eigenvalue weighted by atomic mass is 9.96. The Bertz CT molecular complexity index is 516. The molecule has 0 spiro atoms. The largest absolute Gasteiger partial charge is 0.480 e. The molecule has 1 amide bonds. The van der Waals surface area contributed by atoms with Crippen LogP contribution in [-0.2, 0) is 4.79 Å². The molecule has 1 saturated carbocycles. The number of amides is 1. The van der Waals surface area contributed by atoms with Crippen molar-refractivity contribution in [1.29, 1.82) is 0 Å². The lowest BCUT2D eigenvalue weighted by Crippen LogP contribution is -2.52. The first-order chi connectivity index (χ1) is 8.94. The molecule has 4 heteroatoms. The number of nitrogens with one attached hydrogen (secondary N) is 1. The van der Waals surface area contributed by atoms with E-state index >= 15 is 0 Å². The molecule has 0 heterocycles. The fraction of sp³-hybridized carbons (Fsp3) is 0.467. The fourth-order valence-electron chi connectivity index (χ4n) is 2.64. The van der Waals surface area contributed by atoms with Gasteiger partial charge in [-0.2, -0.15) is 0 Å². The minimum atomic E-state index is -1.08. The molecule has 0 saturated heterocycles. The third-order valence-electron chi connectivity index (χ3n) is 3.86. The second-order valence-electron chi connectivity index (χ2n) is 5.37. The summed E-state index contributed by atoms with van der Waals surface area (Å²) in [5, 5.41) is 12.1. The summed E-state index contributed by atoms with van der Waals surface area (Å²) in [5.41, 5.74) is 1.34. The van der Waals surface area contributed by atoms with Gasteiger partial charge in [-0.1, -0.05) is 30.5 Å². The first-order valence-corrected chi connectivity index (χ1v) is 6.58. The van der Waals surface area contributed by atoms with Crippen LogP contribution < -0.4 is 5.32 Å². The van der Waals surface area contributed by atoms with Crippen molar-refractivity contribution in [2.75, 3.05) is 0 Å². The average molecular weight is 261 g/mol. The highest BCUT2D eigenvalue weighted by Crippen LogP contribution is 2.30. The lowest BCUT2D eigenvalue weighted by molar-refractivity contribution is -0.144. The monoisotopic (exact) mass is 261 g/mol. The maximum absolute atomic E-state index is 12.3. The van der Waals surface area contributed by atoms with Gasteiger partial charge in [0.2, 0.25) is 0 Å². The van der Waals surface area contributed by atoms with E-state index in [2.05, 4.69) is 5.32 Å². The van der Waals surface area contributed by atoms with Gasteiger partial charge in [0.15, 0.2) is 0 Å². The van der Waals surface area contributed by atoms with Crippen molar-refractivity contribution in [3.63, 3.8) is 0 Å². The van der Waals surface area contributed by atoms with E-state index in [1.54, 1.807) is 6.07 Å². The molecule has 2 rings (SSSR count). The average Bonchev–Trinajstić information content (AvgIpc) is 2.82. The van der Waals surface area contributed by atoms with Crippen LogP contribution in [0.15, 0.2) is 18.2 Å². The summed E-state index contributed by atoms with van der Waals surface area (Å²) >= 11 is 0. The molecule has 0 bridgehead atoms. The zero-order valence-corrected chi connectivity index (χ0v) is 11.3. The number of carboxylic acid groups (broad SMARTS) is 1. The van der Waals surface area contributed by atoms with Crippen LogP contribution in [0.4, 0.5) is 0 Å². The Morgan fingerprint density at radius 2 is 1.84 bits per heavy atom. The van der Waals surface area contributed by atoms with Gasteiger partial charge in [-0.3, -0.25) is 4.79 Å². The number of hydrogen-bond donors (Lipinski definition) is 2. The number of aliphatic carboxylic acids is 1. The fourth-order valence-corrected chi connectivity index (χ4v) is 2.64. The predicted molar refractivity (Wildman–Crippen MR) is 72.2 cm³/mol. The number of rotatable bonds is 3. The summed E-state index contributed by atoms with van der Waals surface area (Å²) in [7, 11) is 0. The molecule has 0 atom stereocenters. The molecule has 0 aromatic heterocycles. The molecule has 102 valence electrons. The molecule has 19 heavy (non-hydrogen) atoms. The van der Waals surface area contributed by atoms with E-state index in [-0.39, 0.29) is 5.91 Å². The number of aryl methyl sites for hydroxylation is 2. The Morgan fingerprint density at radius 1 is 1.21 bits per heavy atom. The maximum atomic E-state index is 12.3. The highest BCUT2D eigenvalue weighted by Gasteiger charge is 2.42. The van der Waals surface area contributed by atoms with Crippen molar-refractivity contribution < 1.29 is 14.7 Å². The number of hydrogen-bond acceptors (Lipinski definition) is 2. The van der Waals surface area contributed by atoms with Gasteiger partial charge in [-0.15, -0.1) is 0 Å². The Morgan fingerprint density at radius 3 is 2.42 bits per heavy atom. The number of carboxylic acids is 1. The van der Waals surface area contributed by atoms with Crippen LogP contribution in [-0.4, -0.2) is 22.5 Å². The predicted octanol–water partition coefficient (Wildman–Crippen LogP) is 2.43. The van der Waals surface area contributed by atoms with Gasteiger partial charge < -0.3 is 10.4 Å². The van der Waals surface area contributed by atoms with Crippen molar-refractivity contribution in [1.82, 2.24) is 5.32 Å². The quantitative estimate of drug-likeness (QED) is 0.878. The van der Waals surface area contributed by atoms with E-state index in [1.807, 2.05) is 26.0 Å². The molecular weight excluding hydrogens is 242 g/mol. The topological polar surface area (TPSA) is 66.4 Å². The zero-order chi connectivity index (χ0) is 14.0. The van der Waals surface area contributed by atoms with E-state index in [1.165, 1.54) is 0 Å². The van der Waals surface area contributed by atoms with Gasteiger partial charge in [0.1, 0.15) is 5.54 Å². The molecule has 1 aromatic carbocycles. The standard InChI is InChI=1S/C15H19NO3/c1-10-5-6-11(2)12(9-10)13(17)16-15(14(18)19)7-3-4-8-15/h5-6,9H,3-4,7-8H2,1-2H3,(H,16,17)(H,18,19). The highest BCUT2D eigenvalue weighted by molar-refractivity contribution is 5.99. The maximum Gasteiger partial charge on any atom is 0.329 e. The van der Waals surface area contributed by atoms with Crippen LogP contribution in [0.5, 0.6) is 0 Å². The molecule has 4 nitrogen and oxygen atoms in total. The van der Waals surface area contributed by atoms with Crippen molar-refractivity contribution in [3.8, 4) is 0 Å².